The molecule has 3 aromatic rings. The molecule has 0 fully saturated rings. The average molecular weight is 405 g/mol. The predicted molar refractivity (Wildman–Crippen MR) is 108 cm³/mol. The van der Waals surface area contributed by atoms with Crippen LogP contribution in [0.3, 0.4) is 0 Å². The summed E-state index contributed by atoms with van der Waals surface area (Å²) in [4.78, 5) is 21.2. The molecule has 0 saturated heterocycles. The Labute approximate surface area is 165 Å². The monoisotopic (exact) mass is 404 g/mol. The fraction of sp³-hybridized carbons (Fsp3) is 0.278. The second-order valence-electron chi connectivity index (χ2n) is 5.68. The van der Waals surface area contributed by atoms with Crippen molar-refractivity contribution in [3.8, 4) is 22.8 Å². The summed E-state index contributed by atoms with van der Waals surface area (Å²) in [5, 5.41) is 5.82. The van der Waals surface area contributed by atoms with E-state index < -0.39 is 0 Å². The number of hydrogen-bond acceptors (Lipinski definition) is 7. The van der Waals surface area contributed by atoms with Crippen LogP contribution in [0.2, 0.25) is 0 Å². The lowest BCUT2D eigenvalue weighted by molar-refractivity contribution is -0.115. The third-order valence-corrected chi connectivity index (χ3v) is 5.77. The quantitative estimate of drug-likeness (QED) is 0.605. The van der Waals surface area contributed by atoms with Crippen molar-refractivity contribution in [2.24, 2.45) is 7.05 Å². The first-order chi connectivity index (χ1) is 13.0. The number of nitrogens with one attached hydrogen (secondary N) is 1. The molecule has 1 N–H and O–H groups in total. The number of carbonyl (C=O) groups excluding carboxylic acids is 1. The summed E-state index contributed by atoms with van der Waals surface area (Å²) < 4.78 is 12.5. The van der Waals surface area contributed by atoms with Crippen molar-refractivity contribution in [3.63, 3.8) is 0 Å². The normalized spacial score (nSPS) is 11.9. The van der Waals surface area contributed by atoms with Gasteiger partial charge in [-0.3, -0.25) is 4.79 Å². The molecular weight excluding hydrogens is 384 g/mol. The second kappa shape index (κ2) is 8.45. The Morgan fingerprint density at radius 2 is 2.07 bits per heavy atom. The SMILES string of the molecule is COc1ccc(-c2csc(NC(=O)C(C)Sc3nccn3C)n2)cc1OC. The molecule has 9 heteroatoms. The highest BCUT2D eigenvalue weighted by molar-refractivity contribution is 8.00. The second-order valence-corrected chi connectivity index (χ2v) is 7.84. The highest BCUT2D eigenvalue weighted by atomic mass is 32.2. The Morgan fingerprint density at radius 1 is 1.30 bits per heavy atom. The lowest BCUT2D eigenvalue weighted by Crippen LogP contribution is -2.22. The van der Waals surface area contributed by atoms with E-state index in [4.69, 9.17) is 9.47 Å². The van der Waals surface area contributed by atoms with Crippen LogP contribution in [0.1, 0.15) is 6.92 Å². The smallest absolute Gasteiger partial charge is 0.239 e. The first-order valence-electron chi connectivity index (χ1n) is 8.14. The number of rotatable bonds is 7. The zero-order chi connectivity index (χ0) is 19.4. The lowest BCUT2D eigenvalue weighted by atomic mass is 10.1. The zero-order valence-electron chi connectivity index (χ0n) is 15.4. The fourth-order valence-electron chi connectivity index (χ4n) is 2.34. The maximum Gasteiger partial charge on any atom is 0.239 e. The van der Waals surface area contributed by atoms with Crippen molar-refractivity contribution in [3.05, 3.63) is 36.0 Å². The summed E-state index contributed by atoms with van der Waals surface area (Å²) >= 11 is 2.78. The Hall–Kier alpha value is -2.52. The van der Waals surface area contributed by atoms with Gasteiger partial charge in [-0.15, -0.1) is 11.3 Å². The van der Waals surface area contributed by atoms with E-state index in [9.17, 15) is 4.79 Å². The lowest BCUT2D eigenvalue weighted by Gasteiger charge is -2.10. The molecule has 3 rings (SSSR count). The van der Waals surface area contributed by atoms with Crippen LogP contribution in [0.5, 0.6) is 11.5 Å². The van der Waals surface area contributed by atoms with Crippen molar-refractivity contribution in [2.75, 3.05) is 19.5 Å². The molecular formula is C18H20N4O3S2. The van der Waals surface area contributed by atoms with Gasteiger partial charge >= 0.3 is 0 Å². The van der Waals surface area contributed by atoms with E-state index in [-0.39, 0.29) is 11.2 Å². The van der Waals surface area contributed by atoms with Crippen molar-refractivity contribution >= 4 is 34.1 Å². The average Bonchev–Trinajstić information content (AvgIpc) is 3.30. The van der Waals surface area contributed by atoms with Gasteiger partial charge in [0.05, 0.1) is 25.2 Å². The maximum absolute atomic E-state index is 12.4. The van der Waals surface area contributed by atoms with Gasteiger partial charge in [0, 0.05) is 30.4 Å². The van der Waals surface area contributed by atoms with Gasteiger partial charge in [-0.2, -0.15) is 0 Å². The Morgan fingerprint density at radius 3 is 2.74 bits per heavy atom. The molecule has 0 aliphatic rings. The Kier molecular flexibility index (Phi) is 6.02. The number of methoxy groups -OCH3 is 2. The van der Waals surface area contributed by atoms with Gasteiger partial charge < -0.3 is 19.4 Å². The molecule has 0 bridgehead atoms. The van der Waals surface area contributed by atoms with Gasteiger partial charge in [0.1, 0.15) is 0 Å². The van der Waals surface area contributed by atoms with Crippen LogP contribution in [0.15, 0.2) is 41.1 Å². The molecule has 0 radical (unpaired) electrons. The molecule has 1 amide bonds. The van der Waals surface area contributed by atoms with Crippen LogP contribution in [0.25, 0.3) is 11.3 Å². The summed E-state index contributed by atoms with van der Waals surface area (Å²) in [6.45, 7) is 1.84. The number of anilines is 1. The molecule has 1 atom stereocenters. The molecule has 2 aromatic heterocycles. The van der Waals surface area contributed by atoms with E-state index in [0.29, 0.717) is 16.6 Å². The van der Waals surface area contributed by atoms with Crippen molar-refractivity contribution in [1.29, 1.82) is 0 Å². The van der Waals surface area contributed by atoms with Crippen LogP contribution >= 0.6 is 23.1 Å². The van der Waals surface area contributed by atoms with Crippen molar-refractivity contribution in [2.45, 2.75) is 17.3 Å². The largest absolute Gasteiger partial charge is 0.493 e. The number of thioether (sulfide) groups is 1. The number of hydrogen-bond donors (Lipinski definition) is 1. The fourth-order valence-corrected chi connectivity index (χ4v) is 3.90. The third-order valence-electron chi connectivity index (χ3n) is 3.84. The minimum Gasteiger partial charge on any atom is -0.493 e. The molecule has 27 heavy (non-hydrogen) atoms. The van der Waals surface area contributed by atoms with Crippen LogP contribution in [0, 0.1) is 0 Å². The third kappa shape index (κ3) is 4.42. The summed E-state index contributed by atoms with van der Waals surface area (Å²) in [6.07, 6.45) is 3.56. The number of nitrogens with zero attached hydrogens (tertiary/aromatic N) is 3. The van der Waals surface area contributed by atoms with Gasteiger partial charge in [0.25, 0.3) is 0 Å². The minimum absolute atomic E-state index is 0.115. The maximum atomic E-state index is 12.4. The first-order valence-corrected chi connectivity index (χ1v) is 9.90. The molecule has 1 aromatic carbocycles. The van der Waals surface area contributed by atoms with E-state index in [0.717, 1.165) is 16.4 Å². The Balaban J connectivity index is 1.68. The van der Waals surface area contributed by atoms with Crippen molar-refractivity contribution in [1.82, 2.24) is 14.5 Å². The predicted octanol–water partition coefficient (Wildman–Crippen LogP) is 3.68. The summed E-state index contributed by atoms with van der Waals surface area (Å²) in [5.41, 5.74) is 1.65. The highest BCUT2D eigenvalue weighted by Gasteiger charge is 2.18. The topological polar surface area (TPSA) is 78.3 Å². The number of aromatic nitrogens is 3. The number of benzene rings is 1. The molecule has 0 saturated carbocycles. The summed E-state index contributed by atoms with van der Waals surface area (Å²) in [7, 11) is 5.09. The molecule has 7 nitrogen and oxygen atoms in total. The molecule has 0 aliphatic carbocycles. The van der Waals surface area contributed by atoms with E-state index in [2.05, 4.69) is 15.3 Å². The Bertz CT molecular complexity index is 938. The molecule has 1 unspecified atom stereocenters. The van der Waals surface area contributed by atoms with Crippen LogP contribution in [-0.4, -0.2) is 39.9 Å². The van der Waals surface area contributed by atoms with E-state index in [1.165, 1.54) is 23.1 Å². The number of thiazole rings is 1. The molecule has 2 heterocycles. The van der Waals surface area contributed by atoms with E-state index >= 15 is 0 Å². The van der Waals surface area contributed by atoms with Gasteiger partial charge in [0.15, 0.2) is 21.8 Å². The zero-order valence-corrected chi connectivity index (χ0v) is 17.1. The molecule has 142 valence electrons. The van der Waals surface area contributed by atoms with Crippen LogP contribution in [-0.2, 0) is 11.8 Å². The number of ether oxygens (including phenoxy) is 2. The standard InChI is InChI=1S/C18H20N4O3S2/c1-11(27-18-19-7-8-22(18)2)16(23)21-17-20-13(10-26-17)12-5-6-14(24-3)15(9-12)25-4/h5-11H,1-4H3,(H,20,21,23). The molecule has 0 aliphatic heterocycles. The van der Waals surface area contributed by atoms with Gasteiger partial charge in [-0.05, 0) is 25.1 Å². The van der Waals surface area contributed by atoms with Gasteiger partial charge in [-0.1, -0.05) is 11.8 Å². The number of aryl methyl sites for hydroxylation is 1. The minimum atomic E-state index is -0.292. The molecule has 0 spiro atoms. The number of imidazole rings is 1. The first kappa shape index (κ1) is 19.2. The summed E-state index contributed by atoms with van der Waals surface area (Å²) in [6, 6.07) is 5.60. The number of amides is 1. The van der Waals surface area contributed by atoms with E-state index in [1.807, 2.05) is 48.3 Å². The van der Waals surface area contributed by atoms with E-state index in [1.54, 1.807) is 20.4 Å². The van der Waals surface area contributed by atoms with Crippen LogP contribution in [0.4, 0.5) is 5.13 Å². The number of carbonyl (C=O) groups is 1. The summed E-state index contributed by atoms with van der Waals surface area (Å²) in [5.74, 6) is 1.18. The van der Waals surface area contributed by atoms with Crippen molar-refractivity contribution < 1.29 is 14.3 Å². The van der Waals surface area contributed by atoms with Crippen LogP contribution < -0.4 is 14.8 Å². The van der Waals surface area contributed by atoms with Gasteiger partial charge in [-0.25, -0.2) is 9.97 Å². The van der Waals surface area contributed by atoms with Gasteiger partial charge in [0.2, 0.25) is 5.91 Å². The highest BCUT2D eigenvalue weighted by Crippen LogP contribution is 2.33.